The third-order valence-corrected chi connectivity index (χ3v) is 5.05. The van der Waals surface area contributed by atoms with E-state index in [1.165, 1.54) is 11.8 Å². The van der Waals surface area contributed by atoms with Crippen LogP contribution in [0, 0.1) is 5.92 Å². The predicted octanol–water partition coefficient (Wildman–Crippen LogP) is 2.28. The molecular formula is C15H19N3O2S2. The van der Waals surface area contributed by atoms with Crippen LogP contribution in [0.5, 0.6) is 0 Å². The summed E-state index contributed by atoms with van der Waals surface area (Å²) in [6.07, 6.45) is 0. The Morgan fingerprint density at radius 1 is 1.23 bits per heavy atom. The number of nitrogens with zero attached hydrogens (tertiary/aromatic N) is 1. The highest BCUT2D eigenvalue weighted by molar-refractivity contribution is 8.01. The fourth-order valence-electron chi connectivity index (χ4n) is 1.68. The van der Waals surface area contributed by atoms with Gasteiger partial charge in [-0.2, -0.15) is 0 Å². The maximum atomic E-state index is 11.7. The first kappa shape index (κ1) is 16.8. The molecule has 118 valence electrons. The summed E-state index contributed by atoms with van der Waals surface area (Å²) in [5.74, 6) is 0.240. The molecular weight excluding hydrogens is 318 g/mol. The molecule has 0 aliphatic carbocycles. The zero-order valence-corrected chi connectivity index (χ0v) is 14.2. The molecule has 0 saturated heterocycles. The molecule has 0 radical (unpaired) electrons. The van der Waals surface area contributed by atoms with Crippen molar-refractivity contribution in [3.8, 4) is 0 Å². The maximum absolute atomic E-state index is 11.7. The van der Waals surface area contributed by atoms with E-state index in [2.05, 4.69) is 15.6 Å². The van der Waals surface area contributed by atoms with E-state index < -0.39 is 0 Å². The van der Waals surface area contributed by atoms with Gasteiger partial charge in [0, 0.05) is 19.0 Å². The number of carbonyl (C=O) groups is 2. The van der Waals surface area contributed by atoms with Crippen LogP contribution in [0.1, 0.15) is 13.8 Å². The molecule has 0 atom stereocenters. The second-order valence-electron chi connectivity index (χ2n) is 5.03. The minimum atomic E-state index is -0.0527. The Balaban J connectivity index is 1.68. The van der Waals surface area contributed by atoms with Crippen molar-refractivity contribution in [2.24, 2.45) is 5.92 Å². The molecule has 5 nitrogen and oxygen atoms in total. The van der Waals surface area contributed by atoms with E-state index in [0.29, 0.717) is 18.8 Å². The predicted molar refractivity (Wildman–Crippen MR) is 91.2 cm³/mol. The molecule has 7 heteroatoms. The number of benzene rings is 1. The summed E-state index contributed by atoms with van der Waals surface area (Å²) in [6.45, 7) is 4.57. The van der Waals surface area contributed by atoms with Crippen LogP contribution in [0.25, 0.3) is 10.2 Å². The molecule has 0 aliphatic heterocycles. The van der Waals surface area contributed by atoms with Crippen LogP contribution < -0.4 is 10.6 Å². The molecule has 0 aliphatic rings. The maximum Gasteiger partial charge on any atom is 0.230 e. The number of para-hydroxylation sites is 1. The number of thioether (sulfide) groups is 1. The van der Waals surface area contributed by atoms with Gasteiger partial charge in [-0.15, -0.1) is 11.3 Å². The molecule has 1 aromatic carbocycles. The second kappa shape index (κ2) is 8.14. The van der Waals surface area contributed by atoms with Crippen molar-refractivity contribution in [2.45, 2.75) is 18.2 Å². The molecule has 1 aromatic heterocycles. The van der Waals surface area contributed by atoms with E-state index in [9.17, 15) is 9.59 Å². The van der Waals surface area contributed by atoms with Gasteiger partial charge in [0.15, 0.2) is 4.34 Å². The van der Waals surface area contributed by atoms with E-state index in [1.54, 1.807) is 11.3 Å². The second-order valence-corrected chi connectivity index (χ2v) is 7.28. The Hall–Kier alpha value is -1.60. The number of carbonyl (C=O) groups excluding carboxylic acids is 2. The molecule has 2 N–H and O–H groups in total. The average molecular weight is 337 g/mol. The lowest BCUT2D eigenvalue weighted by atomic mass is 10.2. The van der Waals surface area contributed by atoms with Gasteiger partial charge >= 0.3 is 0 Å². The number of fused-ring (bicyclic) bond motifs is 1. The summed E-state index contributed by atoms with van der Waals surface area (Å²) in [5, 5.41) is 5.54. The van der Waals surface area contributed by atoms with E-state index in [1.807, 2.05) is 38.1 Å². The Kier molecular flexibility index (Phi) is 6.21. The van der Waals surface area contributed by atoms with Crippen molar-refractivity contribution >= 4 is 45.1 Å². The molecule has 2 rings (SSSR count). The first-order valence-corrected chi connectivity index (χ1v) is 8.89. The van der Waals surface area contributed by atoms with Crippen LogP contribution in [0.15, 0.2) is 28.6 Å². The number of thiazole rings is 1. The largest absolute Gasteiger partial charge is 0.354 e. The zero-order chi connectivity index (χ0) is 15.9. The van der Waals surface area contributed by atoms with Gasteiger partial charge in [0.1, 0.15) is 0 Å². The van der Waals surface area contributed by atoms with Crippen molar-refractivity contribution in [3.05, 3.63) is 24.3 Å². The Morgan fingerprint density at radius 3 is 2.68 bits per heavy atom. The zero-order valence-electron chi connectivity index (χ0n) is 12.6. The molecule has 22 heavy (non-hydrogen) atoms. The summed E-state index contributed by atoms with van der Waals surface area (Å²) in [5.41, 5.74) is 0.965. The quantitative estimate of drug-likeness (QED) is 0.601. The molecule has 0 unspecified atom stereocenters. The summed E-state index contributed by atoms with van der Waals surface area (Å²) in [7, 11) is 0. The highest BCUT2D eigenvalue weighted by atomic mass is 32.2. The number of hydrogen-bond donors (Lipinski definition) is 2. The normalized spacial score (nSPS) is 10.9. The summed E-state index contributed by atoms with van der Waals surface area (Å²) < 4.78 is 2.02. The van der Waals surface area contributed by atoms with Gasteiger partial charge in [-0.25, -0.2) is 4.98 Å². The highest BCUT2D eigenvalue weighted by Gasteiger charge is 2.08. The Labute approximate surface area is 137 Å². The van der Waals surface area contributed by atoms with Crippen molar-refractivity contribution in [1.82, 2.24) is 15.6 Å². The number of rotatable bonds is 7. The van der Waals surface area contributed by atoms with E-state index in [0.717, 1.165) is 14.6 Å². The highest BCUT2D eigenvalue weighted by Crippen LogP contribution is 2.28. The summed E-state index contributed by atoms with van der Waals surface area (Å²) in [6, 6.07) is 7.92. The molecule has 0 fully saturated rings. The number of hydrogen-bond acceptors (Lipinski definition) is 5. The topological polar surface area (TPSA) is 71.1 Å². The standard InChI is InChI=1S/C15H19N3O2S2/c1-10(2)14(20)17-8-7-16-13(19)9-21-15-18-11-5-3-4-6-12(11)22-15/h3-6,10H,7-9H2,1-2H3,(H,16,19)(H,17,20). The van der Waals surface area contributed by atoms with Crippen LogP contribution >= 0.6 is 23.1 Å². The smallest absolute Gasteiger partial charge is 0.230 e. The monoisotopic (exact) mass is 337 g/mol. The average Bonchev–Trinajstić information content (AvgIpc) is 2.92. The fraction of sp³-hybridized carbons (Fsp3) is 0.400. The van der Waals surface area contributed by atoms with E-state index >= 15 is 0 Å². The van der Waals surface area contributed by atoms with Crippen LogP contribution in [-0.2, 0) is 9.59 Å². The van der Waals surface area contributed by atoms with Gasteiger partial charge in [0.25, 0.3) is 0 Å². The third kappa shape index (κ3) is 4.99. The van der Waals surface area contributed by atoms with Gasteiger partial charge in [-0.3, -0.25) is 9.59 Å². The lowest BCUT2D eigenvalue weighted by Gasteiger charge is -2.08. The van der Waals surface area contributed by atoms with Gasteiger partial charge in [0.2, 0.25) is 11.8 Å². The molecule has 1 heterocycles. The first-order chi connectivity index (χ1) is 10.6. The third-order valence-electron chi connectivity index (χ3n) is 2.87. The molecule has 2 amide bonds. The van der Waals surface area contributed by atoms with Crippen molar-refractivity contribution in [3.63, 3.8) is 0 Å². The number of aromatic nitrogens is 1. The summed E-state index contributed by atoms with van der Waals surface area (Å²) >= 11 is 3.02. The van der Waals surface area contributed by atoms with E-state index in [4.69, 9.17) is 0 Å². The SMILES string of the molecule is CC(C)C(=O)NCCNC(=O)CSc1nc2ccccc2s1. The number of amides is 2. The Morgan fingerprint density at radius 2 is 1.95 bits per heavy atom. The minimum Gasteiger partial charge on any atom is -0.354 e. The molecule has 0 saturated carbocycles. The van der Waals surface area contributed by atoms with Crippen LogP contribution in [0.3, 0.4) is 0 Å². The van der Waals surface area contributed by atoms with Crippen LogP contribution in [0.4, 0.5) is 0 Å². The fourth-order valence-corrected chi connectivity index (χ4v) is 3.58. The number of nitrogens with one attached hydrogen (secondary N) is 2. The van der Waals surface area contributed by atoms with Crippen LogP contribution in [-0.4, -0.2) is 35.6 Å². The van der Waals surface area contributed by atoms with E-state index in [-0.39, 0.29) is 17.7 Å². The van der Waals surface area contributed by atoms with Gasteiger partial charge in [0.05, 0.1) is 16.0 Å². The van der Waals surface area contributed by atoms with Crippen molar-refractivity contribution in [2.75, 3.05) is 18.8 Å². The minimum absolute atomic E-state index is 0.00176. The molecule has 2 aromatic rings. The molecule has 0 spiro atoms. The van der Waals surface area contributed by atoms with Crippen molar-refractivity contribution in [1.29, 1.82) is 0 Å². The Bertz CT molecular complexity index is 622. The lowest BCUT2D eigenvalue weighted by Crippen LogP contribution is -2.36. The van der Waals surface area contributed by atoms with Gasteiger partial charge < -0.3 is 10.6 Å². The summed E-state index contributed by atoms with van der Waals surface area (Å²) in [4.78, 5) is 27.6. The van der Waals surface area contributed by atoms with Gasteiger partial charge in [-0.1, -0.05) is 37.7 Å². The van der Waals surface area contributed by atoms with Gasteiger partial charge in [-0.05, 0) is 12.1 Å². The first-order valence-electron chi connectivity index (χ1n) is 7.09. The van der Waals surface area contributed by atoms with Crippen molar-refractivity contribution < 1.29 is 9.59 Å². The van der Waals surface area contributed by atoms with Crippen LogP contribution in [0.2, 0.25) is 0 Å². The molecule has 0 bridgehead atoms. The lowest BCUT2D eigenvalue weighted by molar-refractivity contribution is -0.124.